The van der Waals surface area contributed by atoms with Crippen LogP contribution in [0.15, 0.2) is 18.2 Å². The number of rotatable bonds is 5. The number of halogens is 3. The average Bonchev–Trinajstić information content (AvgIpc) is 2.31. The summed E-state index contributed by atoms with van der Waals surface area (Å²) in [7, 11) is 0. The number of carbonyl (C=O) groups excluding carboxylic acids is 1. The number of nitrogen functional groups attached to an aromatic ring is 1. The van der Waals surface area contributed by atoms with Gasteiger partial charge in [0.05, 0.1) is 16.9 Å². The van der Waals surface area contributed by atoms with Gasteiger partial charge in [-0.25, -0.2) is 0 Å². The second kappa shape index (κ2) is 6.70. The summed E-state index contributed by atoms with van der Waals surface area (Å²) in [5.41, 5.74) is 4.79. The molecule has 0 aliphatic carbocycles. The number of anilines is 2. The average molecular weight is 292 g/mol. The molecule has 0 bridgehead atoms. The smallest absolute Gasteiger partial charge is 0.397 e. The number of hydrogen-bond donors (Lipinski definition) is 2. The number of alkyl halides is 3. The topological polar surface area (TPSA) is 55.1 Å². The second-order valence-corrected chi connectivity index (χ2v) is 5.19. The number of hydrogen-bond acceptors (Lipinski definition) is 3. The number of benzene rings is 1. The minimum absolute atomic E-state index is 0.0914. The Morgan fingerprint density at radius 1 is 1.42 bits per heavy atom. The van der Waals surface area contributed by atoms with Crippen LogP contribution in [-0.2, 0) is 11.0 Å². The molecule has 1 rings (SSSR count). The minimum atomic E-state index is -4.44. The van der Waals surface area contributed by atoms with Crippen molar-refractivity contribution in [1.82, 2.24) is 0 Å². The van der Waals surface area contributed by atoms with E-state index in [0.717, 1.165) is 17.9 Å². The van der Waals surface area contributed by atoms with Gasteiger partial charge in [-0.3, -0.25) is 4.79 Å². The lowest BCUT2D eigenvalue weighted by atomic mass is 10.1. The summed E-state index contributed by atoms with van der Waals surface area (Å²) >= 11 is 1.62. The van der Waals surface area contributed by atoms with Gasteiger partial charge < -0.3 is 11.1 Å². The first kappa shape index (κ1) is 15.7. The van der Waals surface area contributed by atoms with E-state index in [9.17, 15) is 18.0 Å². The standard InChI is InChI=1S/C12H15F3N2OS/c1-2-19-6-5-11(18)17-10-4-3-8(7-9(10)16)12(13,14)15/h3-4,7H,2,5-6,16H2,1H3,(H,17,18). The molecule has 0 radical (unpaired) electrons. The maximum absolute atomic E-state index is 12.4. The van der Waals surface area contributed by atoms with Crippen LogP contribution in [0.3, 0.4) is 0 Å². The zero-order chi connectivity index (χ0) is 14.5. The Hall–Kier alpha value is -1.37. The molecule has 1 amide bonds. The molecule has 7 heteroatoms. The Bertz CT molecular complexity index is 449. The van der Waals surface area contributed by atoms with Crippen LogP contribution in [-0.4, -0.2) is 17.4 Å². The Kier molecular flexibility index (Phi) is 5.53. The van der Waals surface area contributed by atoms with E-state index in [0.29, 0.717) is 12.2 Å². The van der Waals surface area contributed by atoms with Crippen LogP contribution in [0.25, 0.3) is 0 Å². The van der Waals surface area contributed by atoms with Gasteiger partial charge in [0.15, 0.2) is 0 Å². The predicted molar refractivity (Wildman–Crippen MR) is 72.1 cm³/mol. The van der Waals surface area contributed by atoms with Gasteiger partial charge in [0, 0.05) is 12.2 Å². The number of amides is 1. The number of carbonyl (C=O) groups is 1. The summed E-state index contributed by atoms with van der Waals surface area (Å²) in [5, 5.41) is 2.50. The van der Waals surface area contributed by atoms with Crippen LogP contribution < -0.4 is 11.1 Å². The Morgan fingerprint density at radius 3 is 2.63 bits per heavy atom. The largest absolute Gasteiger partial charge is 0.416 e. The predicted octanol–water partition coefficient (Wildman–Crippen LogP) is 3.37. The van der Waals surface area contributed by atoms with E-state index < -0.39 is 11.7 Å². The van der Waals surface area contributed by atoms with Crippen LogP contribution in [0.2, 0.25) is 0 Å². The molecule has 1 aromatic carbocycles. The molecule has 3 N–H and O–H groups in total. The van der Waals surface area contributed by atoms with Crippen molar-refractivity contribution in [3.05, 3.63) is 23.8 Å². The summed E-state index contributed by atoms with van der Waals surface area (Å²) in [6.45, 7) is 1.98. The maximum atomic E-state index is 12.4. The van der Waals surface area contributed by atoms with Crippen molar-refractivity contribution in [2.45, 2.75) is 19.5 Å². The van der Waals surface area contributed by atoms with Gasteiger partial charge in [-0.2, -0.15) is 24.9 Å². The van der Waals surface area contributed by atoms with Crippen molar-refractivity contribution >= 4 is 29.0 Å². The number of nitrogens with one attached hydrogen (secondary N) is 1. The molecule has 0 saturated carbocycles. The van der Waals surface area contributed by atoms with E-state index in [2.05, 4.69) is 5.32 Å². The molecule has 3 nitrogen and oxygen atoms in total. The maximum Gasteiger partial charge on any atom is 0.416 e. The highest BCUT2D eigenvalue weighted by atomic mass is 32.2. The fourth-order valence-corrected chi connectivity index (χ4v) is 1.99. The van der Waals surface area contributed by atoms with Crippen LogP contribution in [0, 0.1) is 0 Å². The SMILES string of the molecule is CCSCCC(=O)Nc1ccc(C(F)(F)F)cc1N. The Labute approximate surface area is 113 Å². The lowest BCUT2D eigenvalue weighted by Gasteiger charge is -2.11. The highest BCUT2D eigenvalue weighted by Gasteiger charge is 2.30. The van der Waals surface area contributed by atoms with E-state index in [1.165, 1.54) is 6.07 Å². The van der Waals surface area contributed by atoms with Crippen LogP contribution >= 0.6 is 11.8 Å². The van der Waals surface area contributed by atoms with Gasteiger partial charge in [-0.15, -0.1) is 0 Å². The molecule has 0 heterocycles. The van der Waals surface area contributed by atoms with E-state index in [-0.39, 0.29) is 17.3 Å². The molecule has 0 saturated heterocycles. The lowest BCUT2D eigenvalue weighted by molar-refractivity contribution is -0.137. The summed E-state index contributed by atoms with van der Waals surface area (Å²) in [5.74, 6) is 1.32. The third-order valence-corrected chi connectivity index (χ3v) is 3.23. The fraction of sp³-hybridized carbons (Fsp3) is 0.417. The molecule has 0 unspecified atom stereocenters. The highest BCUT2D eigenvalue weighted by Crippen LogP contribution is 2.32. The quantitative estimate of drug-likeness (QED) is 0.646. The molecule has 0 aliphatic rings. The third kappa shape index (κ3) is 5.02. The van der Waals surface area contributed by atoms with Gasteiger partial charge in [0.1, 0.15) is 0 Å². The van der Waals surface area contributed by atoms with Crippen molar-refractivity contribution < 1.29 is 18.0 Å². The normalized spacial score (nSPS) is 11.4. The molecule has 0 aliphatic heterocycles. The zero-order valence-electron chi connectivity index (χ0n) is 10.4. The van der Waals surface area contributed by atoms with Crippen LogP contribution in [0.1, 0.15) is 18.9 Å². The summed E-state index contributed by atoms with van der Waals surface area (Å²) in [6, 6.07) is 2.88. The van der Waals surface area contributed by atoms with Gasteiger partial charge in [-0.05, 0) is 24.0 Å². The van der Waals surface area contributed by atoms with Crippen molar-refractivity contribution in [2.75, 3.05) is 22.6 Å². The van der Waals surface area contributed by atoms with Gasteiger partial charge in [0.25, 0.3) is 0 Å². The third-order valence-electron chi connectivity index (χ3n) is 2.33. The highest BCUT2D eigenvalue weighted by molar-refractivity contribution is 7.99. The Balaban J connectivity index is 2.67. The monoisotopic (exact) mass is 292 g/mol. The summed E-state index contributed by atoms with van der Waals surface area (Å²) in [6.07, 6.45) is -4.13. The Morgan fingerprint density at radius 2 is 2.11 bits per heavy atom. The van der Waals surface area contributed by atoms with Crippen molar-refractivity contribution in [1.29, 1.82) is 0 Å². The molecule has 19 heavy (non-hydrogen) atoms. The van der Waals surface area contributed by atoms with Gasteiger partial charge in [0.2, 0.25) is 5.91 Å². The number of thioether (sulfide) groups is 1. The van der Waals surface area contributed by atoms with Crippen molar-refractivity contribution in [3.8, 4) is 0 Å². The molecule has 106 valence electrons. The van der Waals surface area contributed by atoms with Crippen molar-refractivity contribution in [2.24, 2.45) is 0 Å². The molecule has 0 spiro atoms. The van der Waals surface area contributed by atoms with Crippen LogP contribution in [0.4, 0.5) is 24.5 Å². The zero-order valence-corrected chi connectivity index (χ0v) is 11.2. The lowest BCUT2D eigenvalue weighted by Crippen LogP contribution is -2.14. The van der Waals surface area contributed by atoms with E-state index in [1.807, 2.05) is 6.92 Å². The van der Waals surface area contributed by atoms with E-state index in [1.54, 1.807) is 11.8 Å². The van der Waals surface area contributed by atoms with Crippen LogP contribution in [0.5, 0.6) is 0 Å². The molecule has 0 aromatic heterocycles. The summed E-state index contributed by atoms with van der Waals surface area (Å²) < 4.78 is 37.3. The molecular formula is C12H15F3N2OS. The molecule has 0 fully saturated rings. The van der Waals surface area contributed by atoms with Gasteiger partial charge >= 0.3 is 6.18 Å². The van der Waals surface area contributed by atoms with Gasteiger partial charge in [-0.1, -0.05) is 6.92 Å². The van der Waals surface area contributed by atoms with E-state index in [4.69, 9.17) is 5.73 Å². The molecule has 0 atom stereocenters. The number of nitrogens with two attached hydrogens (primary N) is 1. The minimum Gasteiger partial charge on any atom is -0.397 e. The molecular weight excluding hydrogens is 277 g/mol. The van der Waals surface area contributed by atoms with E-state index >= 15 is 0 Å². The summed E-state index contributed by atoms with van der Waals surface area (Å²) in [4.78, 5) is 11.5. The first-order chi connectivity index (χ1) is 8.84. The second-order valence-electron chi connectivity index (χ2n) is 3.79. The van der Waals surface area contributed by atoms with Crippen molar-refractivity contribution in [3.63, 3.8) is 0 Å². The first-order valence-corrected chi connectivity index (χ1v) is 6.84. The molecule has 1 aromatic rings. The first-order valence-electron chi connectivity index (χ1n) is 5.69. The fourth-order valence-electron chi connectivity index (χ4n) is 1.37.